The fourth-order valence-corrected chi connectivity index (χ4v) is 3.05. The zero-order valence-corrected chi connectivity index (χ0v) is 13.4. The highest BCUT2D eigenvalue weighted by Gasteiger charge is 2.41. The molecular weight excluding hydrogens is 270 g/mol. The highest BCUT2D eigenvalue weighted by atomic mass is 16.5. The standard InChI is InChI=1S/C16H29NO4/c1-3-17(11-12-21-4-2)14(18)13-16(15(19)20)9-7-5-6-8-10-16/h3-13H2,1-2H3,(H,19,20). The SMILES string of the molecule is CCOCCN(CC)C(=O)CC1(C(=O)O)CCCCCC1. The number of nitrogens with zero attached hydrogens (tertiary/aromatic N) is 1. The van der Waals surface area contributed by atoms with E-state index in [2.05, 4.69) is 0 Å². The van der Waals surface area contributed by atoms with Gasteiger partial charge in [0.25, 0.3) is 0 Å². The van der Waals surface area contributed by atoms with Crippen LogP contribution >= 0.6 is 0 Å². The number of ether oxygens (including phenoxy) is 1. The number of carbonyl (C=O) groups is 2. The Morgan fingerprint density at radius 3 is 2.24 bits per heavy atom. The van der Waals surface area contributed by atoms with Crippen molar-refractivity contribution in [2.45, 2.75) is 58.8 Å². The number of hydrogen-bond donors (Lipinski definition) is 1. The zero-order chi connectivity index (χ0) is 15.7. The molecule has 0 heterocycles. The van der Waals surface area contributed by atoms with Gasteiger partial charge < -0.3 is 14.7 Å². The first-order chi connectivity index (χ1) is 10.1. The molecule has 0 aliphatic heterocycles. The van der Waals surface area contributed by atoms with E-state index in [1.165, 1.54) is 0 Å². The fraction of sp³-hybridized carbons (Fsp3) is 0.875. The number of carboxylic acid groups (broad SMARTS) is 1. The number of likely N-dealkylation sites (N-methyl/N-ethyl adjacent to an activating group) is 1. The molecule has 1 aliphatic rings. The highest BCUT2D eigenvalue weighted by Crippen LogP contribution is 2.38. The van der Waals surface area contributed by atoms with Crippen LogP contribution in [-0.4, -0.2) is 48.2 Å². The normalized spacial score (nSPS) is 18.0. The van der Waals surface area contributed by atoms with Crippen LogP contribution in [0.4, 0.5) is 0 Å². The average molecular weight is 299 g/mol. The minimum atomic E-state index is -0.855. The van der Waals surface area contributed by atoms with Gasteiger partial charge >= 0.3 is 5.97 Å². The van der Waals surface area contributed by atoms with Crippen molar-refractivity contribution in [2.24, 2.45) is 5.41 Å². The van der Waals surface area contributed by atoms with Gasteiger partial charge in [0.05, 0.1) is 12.0 Å². The summed E-state index contributed by atoms with van der Waals surface area (Å²) >= 11 is 0. The van der Waals surface area contributed by atoms with Crippen LogP contribution in [0.1, 0.15) is 58.8 Å². The smallest absolute Gasteiger partial charge is 0.310 e. The van der Waals surface area contributed by atoms with Crippen LogP contribution in [-0.2, 0) is 14.3 Å². The van der Waals surface area contributed by atoms with E-state index in [1.807, 2.05) is 13.8 Å². The summed E-state index contributed by atoms with van der Waals surface area (Å²) in [5.41, 5.74) is -0.855. The van der Waals surface area contributed by atoms with E-state index >= 15 is 0 Å². The average Bonchev–Trinajstić information content (AvgIpc) is 2.70. The van der Waals surface area contributed by atoms with Crippen LogP contribution in [0.5, 0.6) is 0 Å². The molecule has 0 bridgehead atoms. The van der Waals surface area contributed by atoms with Crippen LogP contribution in [0.25, 0.3) is 0 Å². The molecule has 122 valence electrons. The van der Waals surface area contributed by atoms with Gasteiger partial charge in [-0.1, -0.05) is 25.7 Å². The van der Waals surface area contributed by atoms with Gasteiger partial charge in [0.15, 0.2) is 0 Å². The summed E-state index contributed by atoms with van der Waals surface area (Å²) in [5, 5.41) is 9.64. The molecule has 0 spiro atoms. The molecule has 5 nitrogen and oxygen atoms in total. The van der Waals surface area contributed by atoms with Crippen molar-refractivity contribution in [3.8, 4) is 0 Å². The van der Waals surface area contributed by atoms with E-state index in [4.69, 9.17) is 4.74 Å². The topological polar surface area (TPSA) is 66.8 Å². The van der Waals surface area contributed by atoms with Gasteiger partial charge in [-0.15, -0.1) is 0 Å². The lowest BCUT2D eigenvalue weighted by molar-refractivity contribution is -0.155. The van der Waals surface area contributed by atoms with Crippen LogP contribution < -0.4 is 0 Å². The molecule has 0 saturated heterocycles. The molecule has 0 aromatic carbocycles. The van der Waals surface area contributed by atoms with E-state index in [0.29, 0.717) is 39.1 Å². The molecule has 1 amide bonds. The maximum absolute atomic E-state index is 12.5. The molecule has 0 aromatic heterocycles. The summed E-state index contributed by atoms with van der Waals surface area (Å²) in [6.07, 6.45) is 5.34. The fourth-order valence-electron chi connectivity index (χ4n) is 3.05. The van der Waals surface area contributed by atoms with E-state index in [0.717, 1.165) is 25.7 Å². The molecular formula is C16H29NO4. The molecule has 0 radical (unpaired) electrons. The van der Waals surface area contributed by atoms with Crippen molar-refractivity contribution in [1.82, 2.24) is 4.90 Å². The van der Waals surface area contributed by atoms with Crippen molar-refractivity contribution in [1.29, 1.82) is 0 Å². The Bertz CT molecular complexity index is 335. The maximum Gasteiger partial charge on any atom is 0.310 e. The molecule has 0 unspecified atom stereocenters. The summed E-state index contributed by atoms with van der Waals surface area (Å²) in [6, 6.07) is 0. The van der Waals surface area contributed by atoms with Crippen LogP contribution in [0.2, 0.25) is 0 Å². The third kappa shape index (κ3) is 5.30. The molecule has 1 aliphatic carbocycles. The third-order valence-corrected chi connectivity index (χ3v) is 4.45. The largest absolute Gasteiger partial charge is 0.481 e. The van der Waals surface area contributed by atoms with Crippen LogP contribution in [0.15, 0.2) is 0 Å². The van der Waals surface area contributed by atoms with E-state index in [-0.39, 0.29) is 12.3 Å². The summed E-state index contributed by atoms with van der Waals surface area (Å²) in [4.78, 5) is 25.9. The summed E-state index contributed by atoms with van der Waals surface area (Å²) < 4.78 is 5.29. The van der Waals surface area contributed by atoms with Gasteiger partial charge in [-0.2, -0.15) is 0 Å². The number of rotatable bonds is 8. The second-order valence-electron chi connectivity index (χ2n) is 5.85. The maximum atomic E-state index is 12.5. The van der Waals surface area contributed by atoms with Gasteiger partial charge in [-0.05, 0) is 26.7 Å². The van der Waals surface area contributed by atoms with Gasteiger partial charge in [0.2, 0.25) is 5.91 Å². The van der Waals surface area contributed by atoms with Gasteiger partial charge in [0, 0.05) is 26.1 Å². The van der Waals surface area contributed by atoms with Crippen molar-refractivity contribution in [3.63, 3.8) is 0 Å². The number of aliphatic carboxylic acids is 1. The number of carboxylic acids is 1. The monoisotopic (exact) mass is 299 g/mol. The minimum absolute atomic E-state index is 0.0542. The number of carbonyl (C=O) groups excluding carboxylic acids is 1. The molecule has 5 heteroatoms. The van der Waals surface area contributed by atoms with E-state index < -0.39 is 11.4 Å². The van der Waals surface area contributed by atoms with Gasteiger partial charge in [-0.3, -0.25) is 9.59 Å². The summed E-state index contributed by atoms with van der Waals surface area (Å²) in [7, 11) is 0. The molecule has 1 fully saturated rings. The Morgan fingerprint density at radius 1 is 1.14 bits per heavy atom. The van der Waals surface area contributed by atoms with Gasteiger partial charge in [0.1, 0.15) is 0 Å². The van der Waals surface area contributed by atoms with Crippen molar-refractivity contribution < 1.29 is 19.4 Å². The Labute approximate surface area is 127 Å². The number of hydrogen-bond acceptors (Lipinski definition) is 3. The van der Waals surface area contributed by atoms with Crippen LogP contribution in [0.3, 0.4) is 0 Å². The lowest BCUT2D eigenvalue weighted by atomic mass is 9.77. The molecule has 0 atom stereocenters. The van der Waals surface area contributed by atoms with Crippen molar-refractivity contribution in [2.75, 3.05) is 26.3 Å². The first-order valence-electron chi connectivity index (χ1n) is 8.14. The summed E-state index contributed by atoms with van der Waals surface area (Å²) in [6.45, 7) is 6.12. The van der Waals surface area contributed by atoms with Crippen molar-refractivity contribution >= 4 is 11.9 Å². The molecule has 1 rings (SSSR count). The molecule has 1 N–H and O–H groups in total. The van der Waals surface area contributed by atoms with Crippen molar-refractivity contribution in [3.05, 3.63) is 0 Å². The highest BCUT2D eigenvalue weighted by molar-refractivity contribution is 5.85. The van der Waals surface area contributed by atoms with Gasteiger partial charge in [-0.25, -0.2) is 0 Å². The predicted octanol–water partition coefficient (Wildman–Crippen LogP) is 2.69. The van der Waals surface area contributed by atoms with Crippen LogP contribution in [0, 0.1) is 5.41 Å². The second-order valence-corrected chi connectivity index (χ2v) is 5.85. The predicted molar refractivity (Wildman–Crippen MR) is 81.1 cm³/mol. The lowest BCUT2D eigenvalue weighted by Gasteiger charge is -2.30. The zero-order valence-electron chi connectivity index (χ0n) is 13.4. The Kier molecular flexibility index (Phi) is 7.72. The molecule has 1 saturated carbocycles. The quantitative estimate of drug-likeness (QED) is 0.553. The Morgan fingerprint density at radius 2 is 1.76 bits per heavy atom. The lowest BCUT2D eigenvalue weighted by Crippen LogP contribution is -2.41. The Balaban J connectivity index is 2.67. The van der Waals surface area contributed by atoms with E-state index in [9.17, 15) is 14.7 Å². The first-order valence-corrected chi connectivity index (χ1v) is 8.14. The third-order valence-electron chi connectivity index (χ3n) is 4.45. The number of amides is 1. The Hall–Kier alpha value is -1.10. The first kappa shape index (κ1) is 18.0. The summed E-state index contributed by atoms with van der Waals surface area (Å²) in [5.74, 6) is -0.861. The molecule has 0 aromatic rings. The molecule has 21 heavy (non-hydrogen) atoms. The second kappa shape index (κ2) is 9.03. The van der Waals surface area contributed by atoms with E-state index in [1.54, 1.807) is 4.90 Å². The minimum Gasteiger partial charge on any atom is -0.481 e.